The van der Waals surface area contributed by atoms with E-state index in [1.165, 1.54) is 22.5 Å². The van der Waals surface area contributed by atoms with E-state index in [1.807, 2.05) is 6.92 Å². The van der Waals surface area contributed by atoms with Crippen LogP contribution in [0.25, 0.3) is 0 Å². The van der Waals surface area contributed by atoms with Gasteiger partial charge in [0, 0.05) is 29.3 Å². The first kappa shape index (κ1) is 24.2. The number of aromatic nitrogens is 1. The lowest BCUT2D eigenvalue weighted by Gasteiger charge is -2.50. The second kappa shape index (κ2) is 9.16. The zero-order chi connectivity index (χ0) is 24.9. The van der Waals surface area contributed by atoms with Crippen molar-refractivity contribution in [1.82, 2.24) is 4.98 Å². The van der Waals surface area contributed by atoms with Crippen molar-refractivity contribution in [2.75, 3.05) is 12.4 Å². The van der Waals surface area contributed by atoms with Gasteiger partial charge in [-0.15, -0.1) is 11.3 Å². The fraction of sp³-hybridized carbons (Fsp3) is 0.571. The van der Waals surface area contributed by atoms with Crippen molar-refractivity contribution in [3.8, 4) is 5.75 Å². The lowest BCUT2D eigenvalue weighted by molar-refractivity contribution is -0.129. The van der Waals surface area contributed by atoms with Gasteiger partial charge >= 0.3 is 0 Å². The van der Waals surface area contributed by atoms with Gasteiger partial charge in [-0.3, -0.25) is 14.4 Å². The number of benzene rings is 1. The number of ether oxygens (including phenoxy) is 1. The van der Waals surface area contributed by atoms with Gasteiger partial charge in [-0.2, -0.15) is 0 Å². The topological polar surface area (TPSA) is 85.4 Å². The molecule has 3 aliphatic rings. The molecule has 3 unspecified atom stereocenters. The van der Waals surface area contributed by atoms with E-state index in [1.54, 1.807) is 20.2 Å². The van der Waals surface area contributed by atoms with Crippen LogP contribution < -0.4 is 10.1 Å². The Kier molecular flexibility index (Phi) is 6.32. The summed E-state index contributed by atoms with van der Waals surface area (Å²) in [7, 11) is 1.62. The number of hydrogen-bond donors (Lipinski definition) is 1. The molecule has 2 saturated carbocycles. The number of Topliss-reactive ketones (excluding diaryl/α,β-unsaturated/α-hetero) is 2. The maximum atomic E-state index is 13.3. The van der Waals surface area contributed by atoms with Crippen LogP contribution >= 0.6 is 11.3 Å². The van der Waals surface area contributed by atoms with E-state index in [9.17, 15) is 14.4 Å². The molecule has 1 amide bonds. The summed E-state index contributed by atoms with van der Waals surface area (Å²) in [6.07, 6.45) is 7.27. The van der Waals surface area contributed by atoms with E-state index >= 15 is 0 Å². The Labute approximate surface area is 210 Å². The van der Waals surface area contributed by atoms with Crippen LogP contribution in [0, 0.1) is 30.1 Å². The summed E-state index contributed by atoms with van der Waals surface area (Å²) in [6, 6.07) is 4.11. The Morgan fingerprint density at radius 1 is 1.29 bits per heavy atom. The van der Waals surface area contributed by atoms with Gasteiger partial charge in [0.05, 0.1) is 12.7 Å². The van der Waals surface area contributed by atoms with E-state index in [2.05, 4.69) is 29.4 Å². The predicted molar refractivity (Wildman–Crippen MR) is 136 cm³/mol. The van der Waals surface area contributed by atoms with E-state index in [4.69, 9.17) is 4.74 Å². The quantitative estimate of drug-likeness (QED) is 0.518. The minimum absolute atomic E-state index is 0.0165. The third-order valence-electron chi connectivity index (χ3n) is 8.88. The number of aryl methyl sites for hydroxylation is 2. The number of thiazole rings is 1. The number of ketones is 2. The summed E-state index contributed by atoms with van der Waals surface area (Å²) in [5.41, 5.74) is 2.88. The molecule has 0 radical (unpaired) electrons. The molecule has 186 valence electrons. The van der Waals surface area contributed by atoms with Crippen molar-refractivity contribution < 1.29 is 19.1 Å². The van der Waals surface area contributed by atoms with Crippen molar-refractivity contribution in [2.45, 2.75) is 71.6 Å². The lowest BCUT2D eigenvalue weighted by Crippen LogP contribution is -2.44. The largest absolute Gasteiger partial charge is 0.496 e. The molecule has 0 spiro atoms. The van der Waals surface area contributed by atoms with Gasteiger partial charge in [0.2, 0.25) is 5.91 Å². The Hall–Kier alpha value is -2.54. The normalized spacial score (nSPS) is 29.2. The predicted octanol–water partition coefficient (Wildman–Crippen LogP) is 5.73. The molecule has 6 nitrogen and oxygen atoms in total. The fourth-order valence-corrected chi connectivity index (χ4v) is 7.96. The number of nitrogens with one attached hydrogen (secondary N) is 1. The molecule has 7 heteroatoms. The molecule has 0 bridgehead atoms. The van der Waals surface area contributed by atoms with E-state index in [0.29, 0.717) is 46.9 Å². The van der Waals surface area contributed by atoms with Gasteiger partial charge in [-0.1, -0.05) is 6.92 Å². The van der Waals surface area contributed by atoms with E-state index in [-0.39, 0.29) is 28.9 Å². The first-order valence-corrected chi connectivity index (χ1v) is 13.5. The molecular formula is C28H34N2O4S. The standard InChI is InChI=1S/C28H34N2O4S/c1-15-14-29-27(35-15)30-25(33)8-6-18-12-24(32)28(3)10-9-19-20(26(18)28)7-5-17-11-23(34-4)21(16(2)31)13-22(17)19/h11,13-14,18-20,26H,5-10,12H2,1-4H3,(H,29,30,33)/t18-,19?,20?,26?,28-/m1/s1. The SMILES string of the molecule is COc1cc2c(cc1C(C)=O)C1CC[C@]3(C)C(=O)C[C@@H](CCC(=O)Nc4ncc(C)s4)C3C1CC2. The number of methoxy groups -OCH3 is 1. The highest BCUT2D eigenvalue weighted by molar-refractivity contribution is 7.15. The minimum atomic E-state index is -0.303. The number of amides is 1. The Balaban J connectivity index is 1.38. The molecular weight excluding hydrogens is 460 g/mol. The molecule has 1 aromatic heterocycles. The maximum absolute atomic E-state index is 13.3. The summed E-state index contributed by atoms with van der Waals surface area (Å²) >= 11 is 1.48. The van der Waals surface area contributed by atoms with Crippen LogP contribution in [0.2, 0.25) is 0 Å². The Morgan fingerprint density at radius 2 is 2.09 bits per heavy atom. The van der Waals surface area contributed by atoms with Crippen molar-refractivity contribution in [2.24, 2.45) is 23.2 Å². The second-order valence-corrected chi connectivity index (χ2v) is 12.1. The third-order valence-corrected chi connectivity index (χ3v) is 9.71. The first-order valence-electron chi connectivity index (χ1n) is 12.7. The average molecular weight is 495 g/mol. The molecule has 35 heavy (non-hydrogen) atoms. The highest BCUT2D eigenvalue weighted by Gasteiger charge is 2.58. The van der Waals surface area contributed by atoms with Crippen LogP contribution in [0.1, 0.15) is 84.7 Å². The van der Waals surface area contributed by atoms with Crippen LogP contribution in [-0.4, -0.2) is 29.6 Å². The number of fused-ring (bicyclic) bond motifs is 5. The highest BCUT2D eigenvalue weighted by Crippen LogP contribution is 2.62. The minimum Gasteiger partial charge on any atom is -0.496 e. The summed E-state index contributed by atoms with van der Waals surface area (Å²) < 4.78 is 5.52. The van der Waals surface area contributed by atoms with Crippen LogP contribution in [0.3, 0.4) is 0 Å². The zero-order valence-electron chi connectivity index (χ0n) is 21.0. The fourth-order valence-electron chi connectivity index (χ4n) is 7.28. The number of carbonyl (C=O) groups excluding carboxylic acids is 3. The second-order valence-electron chi connectivity index (χ2n) is 10.8. The number of hydrogen-bond acceptors (Lipinski definition) is 6. The number of nitrogens with zero attached hydrogens (tertiary/aromatic N) is 1. The molecule has 2 fully saturated rings. The molecule has 1 aromatic carbocycles. The highest BCUT2D eigenvalue weighted by atomic mass is 32.1. The van der Waals surface area contributed by atoms with Crippen LogP contribution in [0.5, 0.6) is 5.75 Å². The molecule has 0 saturated heterocycles. The molecule has 0 aliphatic heterocycles. The van der Waals surface area contributed by atoms with Gasteiger partial charge in [0.1, 0.15) is 11.5 Å². The van der Waals surface area contributed by atoms with Gasteiger partial charge < -0.3 is 10.1 Å². The molecule has 2 aromatic rings. The van der Waals surface area contributed by atoms with E-state index < -0.39 is 0 Å². The summed E-state index contributed by atoms with van der Waals surface area (Å²) in [4.78, 5) is 43.5. The maximum Gasteiger partial charge on any atom is 0.226 e. The number of carbonyl (C=O) groups is 3. The lowest BCUT2D eigenvalue weighted by atomic mass is 9.54. The molecule has 1 heterocycles. The Bertz CT molecular complexity index is 1190. The van der Waals surface area contributed by atoms with Gasteiger partial charge in [0.25, 0.3) is 0 Å². The van der Waals surface area contributed by atoms with Crippen molar-refractivity contribution in [1.29, 1.82) is 0 Å². The monoisotopic (exact) mass is 494 g/mol. The van der Waals surface area contributed by atoms with Crippen molar-refractivity contribution in [3.05, 3.63) is 39.9 Å². The molecule has 5 atom stereocenters. The van der Waals surface area contributed by atoms with Crippen LogP contribution in [0.15, 0.2) is 18.3 Å². The van der Waals surface area contributed by atoms with Gasteiger partial charge in [-0.05, 0) is 92.9 Å². The van der Waals surface area contributed by atoms with Gasteiger partial charge in [-0.25, -0.2) is 4.98 Å². The summed E-state index contributed by atoms with van der Waals surface area (Å²) in [5, 5.41) is 3.55. The van der Waals surface area contributed by atoms with E-state index in [0.717, 1.165) is 37.0 Å². The van der Waals surface area contributed by atoms with Crippen LogP contribution in [0.4, 0.5) is 5.13 Å². The summed E-state index contributed by atoms with van der Waals surface area (Å²) in [6.45, 7) is 5.72. The molecule has 5 rings (SSSR count). The summed E-state index contributed by atoms with van der Waals surface area (Å²) in [5.74, 6) is 2.26. The zero-order valence-corrected chi connectivity index (χ0v) is 21.8. The molecule has 1 N–H and O–H groups in total. The Morgan fingerprint density at radius 3 is 2.77 bits per heavy atom. The van der Waals surface area contributed by atoms with Crippen molar-refractivity contribution in [3.63, 3.8) is 0 Å². The van der Waals surface area contributed by atoms with Gasteiger partial charge in [0.15, 0.2) is 10.9 Å². The average Bonchev–Trinajstić information content (AvgIpc) is 3.35. The molecule has 3 aliphatic carbocycles. The third kappa shape index (κ3) is 4.22. The first-order chi connectivity index (χ1) is 16.7. The number of rotatable bonds is 6. The number of anilines is 1. The van der Waals surface area contributed by atoms with Crippen LogP contribution in [-0.2, 0) is 16.0 Å². The van der Waals surface area contributed by atoms with Crippen molar-refractivity contribution >= 4 is 33.9 Å². The smallest absolute Gasteiger partial charge is 0.226 e.